The minimum Gasteiger partial charge on any atom is -0.462 e. The number of rotatable bonds is 5. The maximum Gasteiger partial charge on any atom is 0.126 e. The highest BCUT2D eigenvalue weighted by Crippen LogP contribution is 2.18. The van der Waals surface area contributed by atoms with Crippen molar-refractivity contribution in [2.75, 3.05) is 6.54 Å². The van der Waals surface area contributed by atoms with Crippen molar-refractivity contribution < 1.29 is 4.42 Å². The molecule has 0 saturated heterocycles. The number of hydrogen-bond acceptors (Lipinski definition) is 3. The molecule has 0 radical (unpaired) electrons. The molecule has 1 aromatic carbocycles. The van der Waals surface area contributed by atoms with Gasteiger partial charge in [-0.15, -0.1) is 0 Å². The van der Waals surface area contributed by atoms with E-state index >= 15 is 0 Å². The highest BCUT2D eigenvalue weighted by molar-refractivity contribution is 5.78. The van der Waals surface area contributed by atoms with Gasteiger partial charge in [0.2, 0.25) is 0 Å². The molecule has 0 bridgehead atoms. The maximum atomic E-state index is 5.92. The van der Waals surface area contributed by atoms with Crippen molar-refractivity contribution in [2.24, 2.45) is 0 Å². The van der Waals surface area contributed by atoms with Gasteiger partial charge in [0.25, 0.3) is 0 Å². The number of para-hydroxylation sites is 1. The Morgan fingerprint density at radius 3 is 3.00 bits per heavy atom. The Morgan fingerprint density at radius 1 is 1.30 bits per heavy atom. The summed E-state index contributed by atoms with van der Waals surface area (Å²) in [7, 11) is 0. The van der Waals surface area contributed by atoms with Gasteiger partial charge in [0, 0.05) is 5.39 Å². The van der Waals surface area contributed by atoms with E-state index in [0.717, 1.165) is 35.5 Å². The van der Waals surface area contributed by atoms with Gasteiger partial charge in [-0.1, -0.05) is 25.1 Å². The van der Waals surface area contributed by atoms with E-state index in [9.17, 15) is 0 Å². The van der Waals surface area contributed by atoms with E-state index in [1.165, 1.54) is 5.56 Å². The van der Waals surface area contributed by atoms with Crippen molar-refractivity contribution in [3.05, 3.63) is 53.6 Å². The number of aromatic nitrogens is 2. The molecule has 0 aliphatic carbocycles. The first-order chi connectivity index (χ1) is 9.78. The third kappa shape index (κ3) is 2.47. The van der Waals surface area contributed by atoms with Crippen molar-refractivity contribution in [1.82, 2.24) is 15.1 Å². The Balaban J connectivity index is 1.84. The lowest BCUT2D eigenvalue weighted by Gasteiger charge is -2.01. The Labute approximate surface area is 118 Å². The summed E-state index contributed by atoms with van der Waals surface area (Å²) >= 11 is 0. The summed E-state index contributed by atoms with van der Waals surface area (Å²) in [5, 5.41) is 8.88. The predicted octanol–water partition coefficient (Wildman–Crippen LogP) is 3.10. The highest BCUT2D eigenvalue weighted by atomic mass is 16.3. The lowest BCUT2D eigenvalue weighted by atomic mass is 10.2. The van der Waals surface area contributed by atoms with E-state index in [2.05, 4.69) is 42.5 Å². The molecule has 4 nitrogen and oxygen atoms in total. The van der Waals surface area contributed by atoms with Crippen molar-refractivity contribution in [3.8, 4) is 0 Å². The normalized spacial score (nSPS) is 11.3. The minimum atomic E-state index is 0.667. The number of benzene rings is 1. The molecule has 104 valence electrons. The lowest BCUT2D eigenvalue weighted by Crippen LogP contribution is -2.11. The Bertz CT molecular complexity index is 711. The smallest absolute Gasteiger partial charge is 0.126 e. The molecule has 2 heterocycles. The van der Waals surface area contributed by atoms with E-state index in [0.29, 0.717) is 6.54 Å². The molecule has 0 fully saturated rings. The molecule has 0 aliphatic heterocycles. The molecular formula is C16H19N3O. The number of nitrogens with one attached hydrogen (secondary N) is 1. The number of furan rings is 1. The summed E-state index contributed by atoms with van der Waals surface area (Å²) in [4.78, 5) is 0. The van der Waals surface area contributed by atoms with Crippen LogP contribution >= 0.6 is 0 Å². The van der Waals surface area contributed by atoms with Crippen molar-refractivity contribution in [1.29, 1.82) is 0 Å². The van der Waals surface area contributed by atoms with Gasteiger partial charge >= 0.3 is 0 Å². The molecule has 4 heteroatoms. The van der Waals surface area contributed by atoms with Crippen LogP contribution < -0.4 is 5.32 Å². The lowest BCUT2D eigenvalue weighted by molar-refractivity contribution is 0.433. The van der Waals surface area contributed by atoms with Gasteiger partial charge < -0.3 is 9.73 Å². The van der Waals surface area contributed by atoms with E-state index in [4.69, 9.17) is 4.42 Å². The summed E-state index contributed by atoms with van der Waals surface area (Å²) in [6, 6.07) is 10.3. The molecule has 0 spiro atoms. The largest absolute Gasteiger partial charge is 0.462 e. The van der Waals surface area contributed by atoms with Gasteiger partial charge in [-0.2, -0.15) is 5.10 Å². The molecule has 0 atom stereocenters. The fourth-order valence-electron chi connectivity index (χ4n) is 2.38. The molecular weight excluding hydrogens is 250 g/mol. The summed E-state index contributed by atoms with van der Waals surface area (Å²) in [5.41, 5.74) is 2.33. The topological polar surface area (TPSA) is 43.0 Å². The van der Waals surface area contributed by atoms with Crippen LogP contribution in [-0.2, 0) is 13.1 Å². The van der Waals surface area contributed by atoms with Crippen LogP contribution in [0.4, 0.5) is 0 Å². The summed E-state index contributed by atoms with van der Waals surface area (Å²) < 4.78 is 7.89. The van der Waals surface area contributed by atoms with Crippen LogP contribution in [0.5, 0.6) is 0 Å². The first kappa shape index (κ1) is 12.9. The maximum absolute atomic E-state index is 5.92. The van der Waals surface area contributed by atoms with Crippen LogP contribution in [0, 0.1) is 6.92 Å². The summed E-state index contributed by atoms with van der Waals surface area (Å²) in [6.07, 6.45) is 1.89. The van der Waals surface area contributed by atoms with E-state index in [1.54, 1.807) is 0 Å². The van der Waals surface area contributed by atoms with Gasteiger partial charge in [-0.25, -0.2) is 0 Å². The number of nitrogens with zero attached hydrogens (tertiary/aromatic N) is 2. The highest BCUT2D eigenvalue weighted by Gasteiger charge is 2.09. The Kier molecular flexibility index (Phi) is 3.56. The van der Waals surface area contributed by atoms with E-state index < -0.39 is 0 Å². The van der Waals surface area contributed by atoms with Gasteiger partial charge in [0.1, 0.15) is 11.5 Å². The third-order valence-electron chi connectivity index (χ3n) is 3.46. The first-order valence-electron chi connectivity index (χ1n) is 6.97. The fraction of sp³-hybridized carbons (Fsp3) is 0.312. The monoisotopic (exact) mass is 269 g/mol. The molecule has 20 heavy (non-hydrogen) atoms. The molecule has 0 unspecified atom stereocenters. The summed E-state index contributed by atoms with van der Waals surface area (Å²) in [5.74, 6) is 1.96. The van der Waals surface area contributed by atoms with Gasteiger partial charge in [-0.3, -0.25) is 4.68 Å². The van der Waals surface area contributed by atoms with E-state index in [1.807, 2.05) is 23.0 Å². The first-order valence-corrected chi connectivity index (χ1v) is 6.97. The van der Waals surface area contributed by atoms with E-state index in [-0.39, 0.29) is 0 Å². The second-order valence-corrected chi connectivity index (χ2v) is 4.96. The van der Waals surface area contributed by atoms with Crippen LogP contribution in [0.15, 0.2) is 40.9 Å². The standard InChI is InChI=1S/C16H19N3O/c1-3-17-10-16-12(2)8-14(20-16)11-19-15-7-5-4-6-13(15)9-18-19/h4-9,17H,3,10-11H2,1-2H3. The van der Waals surface area contributed by atoms with Crippen LogP contribution in [-0.4, -0.2) is 16.3 Å². The fourth-order valence-corrected chi connectivity index (χ4v) is 2.38. The number of hydrogen-bond donors (Lipinski definition) is 1. The molecule has 3 rings (SSSR count). The van der Waals surface area contributed by atoms with Gasteiger partial charge in [-0.05, 0) is 31.2 Å². The third-order valence-corrected chi connectivity index (χ3v) is 3.46. The van der Waals surface area contributed by atoms with Gasteiger partial charge in [0.05, 0.1) is 24.8 Å². The molecule has 3 aromatic rings. The Morgan fingerprint density at radius 2 is 2.15 bits per heavy atom. The molecule has 1 N–H and O–H groups in total. The SMILES string of the molecule is CCNCc1oc(Cn2ncc3ccccc32)cc1C. The second kappa shape index (κ2) is 5.51. The number of aryl methyl sites for hydroxylation is 1. The molecule has 2 aromatic heterocycles. The zero-order chi connectivity index (χ0) is 13.9. The molecule has 0 saturated carbocycles. The van der Waals surface area contributed by atoms with Gasteiger partial charge in [0.15, 0.2) is 0 Å². The molecule has 0 aliphatic rings. The van der Waals surface area contributed by atoms with Crippen LogP contribution in [0.3, 0.4) is 0 Å². The second-order valence-electron chi connectivity index (χ2n) is 4.96. The van der Waals surface area contributed by atoms with Crippen LogP contribution in [0.1, 0.15) is 24.0 Å². The van der Waals surface area contributed by atoms with Crippen molar-refractivity contribution in [3.63, 3.8) is 0 Å². The van der Waals surface area contributed by atoms with Crippen LogP contribution in [0.25, 0.3) is 10.9 Å². The Hall–Kier alpha value is -2.07. The molecule has 0 amide bonds. The summed E-state index contributed by atoms with van der Waals surface area (Å²) in [6.45, 7) is 6.57. The quantitative estimate of drug-likeness (QED) is 0.774. The van der Waals surface area contributed by atoms with Crippen molar-refractivity contribution in [2.45, 2.75) is 26.9 Å². The van der Waals surface area contributed by atoms with Crippen molar-refractivity contribution >= 4 is 10.9 Å². The zero-order valence-electron chi connectivity index (χ0n) is 11.9. The average Bonchev–Trinajstić information content (AvgIpc) is 3.01. The van der Waals surface area contributed by atoms with Crippen LogP contribution in [0.2, 0.25) is 0 Å². The predicted molar refractivity (Wildman–Crippen MR) is 79.7 cm³/mol. The zero-order valence-corrected chi connectivity index (χ0v) is 11.9. The average molecular weight is 269 g/mol. The minimum absolute atomic E-state index is 0.667. The number of fused-ring (bicyclic) bond motifs is 1.